The van der Waals surface area contributed by atoms with Gasteiger partial charge in [-0.15, -0.1) is 0 Å². The van der Waals surface area contributed by atoms with Gasteiger partial charge < -0.3 is 9.80 Å². The third-order valence-electron chi connectivity index (χ3n) is 5.91. The molecule has 0 saturated carbocycles. The number of aromatic nitrogens is 4. The molecule has 0 aromatic carbocycles. The Bertz CT molecular complexity index is 847. The van der Waals surface area contributed by atoms with Gasteiger partial charge >= 0.3 is 0 Å². The highest BCUT2D eigenvalue weighted by Gasteiger charge is 2.28. The molecule has 1 amide bonds. The number of likely N-dealkylation sites (N-methyl/N-ethyl adjacent to an activating group) is 1. The first-order valence-corrected chi connectivity index (χ1v) is 10.3. The lowest BCUT2D eigenvalue weighted by atomic mass is 9.97. The number of rotatable bonds is 4. The molecule has 0 spiro atoms. The Morgan fingerprint density at radius 3 is 2.96 bits per heavy atom. The third kappa shape index (κ3) is 4.09. The third-order valence-corrected chi connectivity index (χ3v) is 5.91. The molecule has 2 unspecified atom stereocenters. The zero-order chi connectivity index (χ0) is 19.7. The van der Waals surface area contributed by atoms with Crippen LogP contribution in [0.25, 0.3) is 0 Å². The van der Waals surface area contributed by atoms with E-state index >= 15 is 0 Å². The highest BCUT2D eigenvalue weighted by atomic mass is 16.2. The van der Waals surface area contributed by atoms with Crippen molar-refractivity contribution in [2.24, 2.45) is 5.92 Å². The number of amides is 1. The van der Waals surface area contributed by atoms with Crippen molar-refractivity contribution < 1.29 is 4.79 Å². The standard InChI is InChI=1S/C21H30N6O/c1-15(12-27-10-6-16(2)24-27)21(28)26-9-7-19-18(14-26)11-22-20(23-19)17-5-4-8-25(3)13-17/h6,10-11,15,17H,4-5,7-9,12-14H2,1-3H3. The Morgan fingerprint density at radius 1 is 1.36 bits per heavy atom. The minimum atomic E-state index is -0.0983. The molecule has 0 bridgehead atoms. The number of carbonyl (C=O) groups is 1. The molecule has 0 aliphatic carbocycles. The van der Waals surface area contributed by atoms with Crippen molar-refractivity contribution >= 4 is 5.91 Å². The molecule has 2 atom stereocenters. The Labute approximate surface area is 166 Å². The van der Waals surface area contributed by atoms with Crippen LogP contribution < -0.4 is 0 Å². The molecule has 7 heteroatoms. The number of piperidine rings is 1. The predicted molar refractivity (Wildman–Crippen MR) is 107 cm³/mol. The van der Waals surface area contributed by atoms with Crippen molar-refractivity contribution in [1.29, 1.82) is 0 Å². The number of aryl methyl sites for hydroxylation is 1. The normalized spacial score (nSPS) is 21.4. The van der Waals surface area contributed by atoms with E-state index in [0.717, 1.165) is 55.3 Å². The molecule has 0 radical (unpaired) electrons. The Kier molecular flexibility index (Phi) is 5.44. The van der Waals surface area contributed by atoms with Crippen LogP contribution in [0.2, 0.25) is 0 Å². The molecule has 2 aliphatic heterocycles. The van der Waals surface area contributed by atoms with E-state index in [1.807, 2.05) is 41.9 Å². The first kappa shape index (κ1) is 19.1. The Hall–Kier alpha value is -2.28. The zero-order valence-corrected chi connectivity index (χ0v) is 17.1. The Morgan fingerprint density at radius 2 is 2.21 bits per heavy atom. The topological polar surface area (TPSA) is 67.2 Å². The van der Waals surface area contributed by atoms with E-state index < -0.39 is 0 Å². The molecule has 7 nitrogen and oxygen atoms in total. The summed E-state index contributed by atoms with van der Waals surface area (Å²) in [5.41, 5.74) is 3.19. The monoisotopic (exact) mass is 382 g/mol. The summed E-state index contributed by atoms with van der Waals surface area (Å²) in [6, 6.07) is 1.97. The molecule has 0 N–H and O–H groups in total. The molecular formula is C21H30N6O. The summed E-state index contributed by atoms with van der Waals surface area (Å²) >= 11 is 0. The van der Waals surface area contributed by atoms with Gasteiger partial charge in [-0.25, -0.2) is 9.97 Å². The molecule has 4 heterocycles. The Balaban J connectivity index is 1.41. The zero-order valence-electron chi connectivity index (χ0n) is 17.1. The van der Waals surface area contributed by atoms with Gasteiger partial charge in [0.25, 0.3) is 0 Å². The highest BCUT2D eigenvalue weighted by molar-refractivity contribution is 5.78. The molecule has 150 valence electrons. The van der Waals surface area contributed by atoms with Gasteiger partial charge in [0.15, 0.2) is 0 Å². The van der Waals surface area contributed by atoms with E-state index in [1.165, 1.54) is 6.42 Å². The van der Waals surface area contributed by atoms with Crippen molar-refractivity contribution in [2.45, 2.75) is 52.1 Å². The maximum absolute atomic E-state index is 12.9. The molecule has 2 aromatic rings. The van der Waals surface area contributed by atoms with Crippen LogP contribution in [0.1, 0.15) is 48.5 Å². The number of hydrogen-bond acceptors (Lipinski definition) is 5. The summed E-state index contributed by atoms with van der Waals surface area (Å²) in [6.07, 6.45) is 7.07. The second-order valence-electron chi connectivity index (χ2n) is 8.39. The molecule has 1 fully saturated rings. The number of nitrogens with zero attached hydrogens (tertiary/aromatic N) is 6. The van der Waals surface area contributed by atoms with Gasteiger partial charge in [0.2, 0.25) is 5.91 Å². The van der Waals surface area contributed by atoms with Crippen molar-refractivity contribution in [2.75, 3.05) is 26.7 Å². The summed E-state index contributed by atoms with van der Waals surface area (Å²) in [5, 5.41) is 4.40. The van der Waals surface area contributed by atoms with Gasteiger partial charge in [0.05, 0.1) is 23.9 Å². The molecule has 1 saturated heterocycles. The summed E-state index contributed by atoms with van der Waals surface area (Å²) in [6.45, 7) is 8.10. The SMILES string of the molecule is Cc1ccn(CC(C)C(=O)N2CCc3nc(C4CCCN(C)C4)ncc3C2)n1. The maximum atomic E-state index is 12.9. The highest BCUT2D eigenvalue weighted by Crippen LogP contribution is 2.26. The fourth-order valence-corrected chi connectivity index (χ4v) is 4.33. The van der Waals surface area contributed by atoms with Crippen LogP contribution in [0.15, 0.2) is 18.5 Å². The van der Waals surface area contributed by atoms with Gasteiger partial charge in [-0.2, -0.15) is 5.10 Å². The van der Waals surface area contributed by atoms with Crippen LogP contribution in [0.3, 0.4) is 0 Å². The van der Waals surface area contributed by atoms with E-state index in [4.69, 9.17) is 4.98 Å². The lowest BCUT2D eigenvalue weighted by molar-refractivity contribution is -0.136. The first-order chi connectivity index (χ1) is 13.5. The number of carbonyl (C=O) groups excluding carboxylic acids is 1. The van der Waals surface area contributed by atoms with Crippen LogP contribution in [-0.4, -0.2) is 62.1 Å². The van der Waals surface area contributed by atoms with Crippen molar-refractivity contribution in [3.8, 4) is 0 Å². The average molecular weight is 383 g/mol. The second kappa shape index (κ2) is 7.99. The summed E-state index contributed by atoms with van der Waals surface area (Å²) in [5.74, 6) is 1.49. The number of fused-ring (bicyclic) bond motifs is 1. The second-order valence-corrected chi connectivity index (χ2v) is 8.39. The largest absolute Gasteiger partial charge is 0.338 e. The molecular weight excluding hydrogens is 352 g/mol. The molecule has 2 aliphatic rings. The van der Waals surface area contributed by atoms with E-state index in [-0.39, 0.29) is 11.8 Å². The lowest BCUT2D eigenvalue weighted by Crippen LogP contribution is -2.40. The van der Waals surface area contributed by atoms with Gasteiger partial charge in [-0.1, -0.05) is 6.92 Å². The lowest BCUT2D eigenvalue weighted by Gasteiger charge is -2.32. The molecule has 4 rings (SSSR count). The quantitative estimate of drug-likeness (QED) is 0.809. The van der Waals surface area contributed by atoms with Crippen LogP contribution in [0.4, 0.5) is 0 Å². The van der Waals surface area contributed by atoms with E-state index in [2.05, 4.69) is 22.0 Å². The maximum Gasteiger partial charge on any atom is 0.227 e. The molecule has 2 aromatic heterocycles. The van der Waals surface area contributed by atoms with E-state index in [9.17, 15) is 4.79 Å². The van der Waals surface area contributed by atoms with Gasteiger partial charge in [-0.05, 0) is 39.4 Å². The van der Waals surface area contributed by atoms with Gasteiger partial charge in [0.1, 0.15) is 5.82 Å². The van der Waals surface area contributed by atoms with Crippen LogP contribution in [0, 0.1) is 12.8 Å². The summed E-state index contributed by atoms with van der Waals surface area (Å²) in [4.78, 5) is 26.8. The molecule has 28 heavy (non-hydrogen) atoms. The van der Waals surface area contributed by atoms with Gasteiger partial charge in [0, 0.05) is 49.9 Å². The van der Waals surface area contributed by atoms with Crippen molar-refractivity contribution in [3.05, 3.63) is 41.2 Å². The van der Waals surface area contributed by atoms with Crippen molar-refractivity contribution in [3.63, 3.8) is 0 Å². The minimum Gasteiger partial charge on any atom is -0.338 e. The van der Waals surface area contributed by atoms with Crippen LogP contribution in [-0.2, 0) is 24.3 Å². The van der Waals surface area contributed by atoms with Crippen LogP contribution >= 0.6 is 0 Å². The number of likely N-dealkylation sites (tertiary alicyclic amines) is 1. The summed E-state index contributed by atoms with van der Waals surface area (Å²) in [7, 11) is 2.17. The minimum absolute atomic E-state index is 0.0983. The average Bonchev–Trinajstić information content (AvgIpc) is 3.11. The first-order valence-electron chi connectivity index (χ1n) is 10.3. The van der Waals surface area contributed by atoms with E-state index in [0.29, 0.717) is 19.0 Å². The summed E-state index contributed by atoms with van der Waals surface area (Å²) < 4.78 is 1.85. The predicted octanol–water partition coefficient (Wildman–Crippen LogP) is 2.01. The van der Waals surface area contributed by atoms with Crippen molar-refractivity contribution in [1.82, 2.24) is 29.5 Å². The fraction of sp³-hybridized carbons (Fsp3) is 0.619. The fourth-order valence-electron chi connectivity index (χ4n) is 4.33. The van der Waals surface area contributed by atoms with Gasteiger partial charge in [-0.3, -0.25) is 9.48 Å². The number of hydrogen-bond donors (Lipinski definition) is 0. The van der Waals surface area contributed by atoms with Crippen LogP contribution in [0.5, 0.6) is 0 Å². The smallest absolute Gasteiger partial charge is 0.227 e. The van der Waals surface area contributed by atoms with E-state index in [1.54, 1.807) is 0 Å².